The maximum absolute atomic E-state index is 13.4. The third-order valence-corrected chi connectivity index (χ3v) is 7.27. The molecule has 0 aliphatic carbocycles. The van der Waals surface area contributed by atoms with Gasteiger partial charge in [-0.15, -0.1) is 0 Å². The third kappa shape index (κ3) is 5.80. The van der Waals surface area contributed by atoms with E-state index in [9.17, 15) is 14.4 Å². The van der Waals surface area contributed by atoms with Gasteiger partial charge >= 0.3 is 6.03 Å². The van der Waals surface area contributed by atoms with Crippen LogP contribution < -0.4 is 10.2 Å². The highest BCUT2D eigenvalue weighted by molar-refractivity contribution is 6.04. The summed E-state index contributed by atoms with van der Waals surface area (Å²) < 4.78 is 0. The molecule has 0 atom stereocenters. The van der Waals surface area contributed by atoms with E-state index in [1.54, 1.807) is 12.1 Å². The molecule has 4 rings (SSSR count). The molecule has 2 aliphatic heterocycles. The van der Waals surface area contributed by atoms with E-state index in [1.165, 1.54) is 5.69 Å². The van der Waals surface area contributed by atoms with Crippen LogP contribution in [0.1, 0.15) is 37.0 Å². The molecular weight excluding hydrogens is 454 g/mol. The summed E-state index contributed by atoms with van der Waals surface area (Å²) in [6.45, 7) is 9.27. The number of rotatable bonds is 6. The summed E-state index contributed by atoms with van der Waals surface area (Å²) in [6, 6.07) is 17.5. The molecule has 2 aromatic carbocycles. The number of amides is 4. The van der Waals surface area contributed by atoms with Crippen molar-refractivity contribution in [3.8, 4) is 0 Å². The Balaban J connectivity index is 1.33. The van der Waals surface area contributed by atoms with Crippen molar-refractivity contribution in [1.29, 1.82) is 0 Å². The Bertz CT molecular complexity index is 1040. The van der Waals surface area contributed by atoms with Crippen molar-refractivity contribution in [2.24, 2.45) is 5.92 Å². The van der Waals surface area contributed by atoms with Gasteiger partial charge in [-0.1, -0.05) is 30.3 Å². The van der Waals surface area contributed by atoms with Crippen molar-refractivity contribution in [3.05, 3.63) is 60.2 Å². The first kappa shape index (κ1) is 25.5. The minimum atomic E-state index is -0.177. The molecule has 2 saturated heterocycles. The van der Waals surface area contributed by atoms with Crippen molar-refractivity contribution >= 4 is 29.2 Å². The minimum Gasteiger partial charge on any atom is -0.368 e. The molecule has 2 heterocycles. The van der Waals surface area contributed by atoms with Crippen LogP contribution in [0.25, 0.3) is 0 Å². The number of piperidine rings is 1. The van der Waals surface area contributed by atoms with Gasteiger partial charge in [0.05, 0.1) is 11.3 Å². The Kier molecular flexibility index (Phi) is 8.46. The fourth-order valence-corrected chi connectivity index (χ4v) is 5.02. The molecule has 2 fully saturated rings. The number of carbonyl (C=O) groups is 3. The highest BCUT2D eigenvalue weighted by atomic mass is 16.2. The zero-order valence-corrected chi connectivity index (χ0v) is 21.4. The number of hydrogen-bond donors (Lipinski definition) is 1. The second kappa shape index (κ2) is 11.9. The lowest BCUT2D eigenvalue weighted by molar-refractivity contribution is -0.121. The van der Waals surface area contributed by atoms with Crippen LogP contribution in [-0.4, -0.2) is 84.9 Å². The summed E-state index contributed by atoms with van der Waals surface area (Å²) in [5.41, 5.74) is 2.25. The molecule has 192 valence electrons. The van der Waals surface area contributed by atoms with Crippen molar-refractivity contribution < 1.29 is 14.4 Å². The van der Waals surface area contributed by atoms with E-state index in [2.05, 4.69) is 22.3 Å². The predicted molar refractivity (Wildman–Crippen MR) is 142 cm³/mol. The van der Waals surface area contributed by atoms with Crippen LogP contribution in [0.4, 0.5) is 16.2 Å². The zero-order chi connectivity index (χ0) is 25.5. The SMILES string of the molecule is CCN(CC)C(=O)N1CCC(C(=O)Nc2ccccc2C(=O)N2CCN(c3ccccc3)CC2)CC1. The predicted octanol–water partition coefficient (Wildman–Crippen LogP) is 3.76. The molecule has 0 unspecified atom stereocenters. The molecule has 0 radical (unpaired) electrons. The molecule has 0 spiro atoms. The Morgan fingerprint density at radius 1 is 0.806 bits per heavy atom. The van der Waals surface area contributed by atoms with Gasteiger partial charge in [-0.05, 0) is 51.0 Å². The molecule has 0 aromatic heterocycles. The molecule has 2 aliphatic rings. The number of anilines is 2. The van der Waals surface area contributed by atoms with Gasteiger partial charge in [0.25, 0.3) is 5.91 Å². The number of nitrogens with one attached hydrogen (secondary N) is 1. The quantitative estimate of drug-likeness (QED) is 0.668. The Morgan fingerprint density at radius 2 is 1.42 bits per heavy atom. The molecule has 1 N–H and O–H groups in total. The van der Waals surface area contributed by atoms with Crippen molar-refractivity contribution in [2.75, 3.05) is 62.6 Å². The lowest BCUT2D eigenvalue weighted by atomic mass is 9.95. The summed E-state index contributed by atoms with van der Waals surface area (Å²) in [5, 5.41) is 3.01. The fourth-order valence-electron chi connectivity index (χ4n) is 5.02. The van der Waals surface area contributed by atoms with Gasteiger partial charge in [-0.3, -0.25) is 9.59 Å². The minimum absolute atomic E-state index is 0.0437. The highest BCUT2D eigenvalue weighted by Gasteiger charge is 2.30. The number of para-hydroxylation sites is 2. The zero-order valence-electron chi connectivity index (χ0n) is 21.4. The largest absolute Gasteiger partial charge is 0.368 e. The van der Waals surface area contributed by atoms with Gasteiger partial charge in [0.1, 0.15) is 0 Å². The van der Waals surface area contributed by atoms with Gasteiger partial charge in [0.2, 0.25) is 5.91 Å². The normalized spacial score (nSPS) is 16.6. The second-order valence-corrected chi connectivity index (χ2v) is 9.37. The number of benzene rings is 2. The molecule has 0 bridgehead atoms. The Morgan fingerprint density at radius 3 is 2.06 bits per heavy atom. The highest BCUT2D eigenvalue weighted by Crippen LogP contribution is 2.24. The van der Waals surface area contributed by atoms with Crippen molar-refractivity contribution in [2.45, 2.75) is 26.7 Å². The monoisotopic (exact) mass is 491 g/mol. The summed E-state index contributed by atoms with van der Waals surface area (Å²) in [5.74, 6) is -0.319. The van der Waals surface area contributed by atoms with Crippen LogP contribution in [-0.2, 0) is 4.79 Å². The van der Waals surface area contributed by atoms with E-state index >= 15 is 0 Å². The van der Waals surface area contributed by atoms with E-state index in [-0.39, 0.29) is 23.8 Å². The third-order valence-electron chi connectivity index (χ3n) is 7.27. The van der Waals surface area contributed by atoms with E-state index < -0.39 is 0 Å². The van der Waals surface area contributed by atoms with E-state index in [0.29, 0.717) is 63.4 Å². The average molecular weight is 492 g/mol. The molecule has 4 amide bonds. The number of carbonyl (C=O) groups excluding carboxylic acids is 3. The molecule has 8 nitrogen and oxygen atoms in total. The van der Waals surface area contributed by atoms with Crippen LogP contribution in [0, 0.1) is 5.92 Å². The summed E-state index contributed by atoms with van der Waals surface area (Å²) >= 11 is 0. The number of piperazine rings is 1. The van der Waals surface area contributed by atoms with Crippen LogP contribution in [0.3, 0.4) is 0 Å². The van der Waals surface area contributed by atoms with Gasteiger partial charge in [0.15, 0.2) is 0 Å². The van der Waals surface area contributed by atoms with Gasteiger partial charge in [-0.2, -0.15) is 0 Å². The second-order valence-electron chi connectivity index (χ2n) is 9.37. The lowest BCUT2D eigenvalue weighted by Crippen LogP contribution is -2.49. The molecule has 0 saturated carbocycles. The number of hydrogen-bond acceptors (Lipinski definition) is 4. The average Bonchev–Trinajstić information content (AvgIpc) is 2.94. The summed E-state index contributed by atoms with van der Waals surface area (Å²) in [4.78, 5) is 46.9. The van der Waals surface area contributed by atoms with Crippen molar-refractivity contribution in [3.63, 3.8) is 0 Å². The first-order chi connectivity index (χ1) is 17.5. The van der Waals surface area contributed by atoms with Crippen LogP contribution in [0.2, 0.25) is 0 Å². The topological polar surface area (TPSA) is 76.2 Å². The van der Waals surface area contributed by atoms with E-state index in [4.69, 9.17) is 0 Å². The maximum Gasteiger partial charge on any atom is 0.319 e. The standard InChI is InChI=1S/C28H37N5O3/c1-3-30(4-2)28(36)33-16-14-22(15-17-33)26(34)29-25-13-9-8-12-24(25)27(35)32-20-18-31(19-21-32)23-10-6-5-7-11-23/h5-13,22H,3-4,14-21H2,1-2H3,(H,29,34). The van der Waals surface area contributed by atoms with Gasteiger partial charge < -0.3 is 24.9 Å². The number of nitrogens with zero attached hydrogens (tertiary/aromatic N) is 4. The van der Waals surface area contributed by atoms with Gasteiger partial charge in [0, 0.05) is 64.0 Å². The summed E-state index contributed by atoms with van der Waals surface area (Å²) in [6.07, 6.45) is 1.24. The number of urea groups is 1. The van der Waals surface area contributed by atoms with Crippen LogP contribution >= 0.6 is 0 Å². The number of likely N-dealkylation sites (tertiary alicyclic amines) is 1. The van der Waals surface area contributed by atoms with Crippen LogP contribution in [0.5, 0.6) is 0 Å². The van der Waals surface area contributed by atoms with Gasteiger partial charge in [-0.25, -0.2) is 4.79 Å². The van der Waals surface area contributed by atoms with Crippen molar-refractivity contribution in [1.82, 2.24) is 14.7 Å². The smallest absolute Gasteiger partial charge is 0.319 e. The van der Waals surface area contributed by atoms with Crippen LogP contribution in [0.15, 0.2) is 54.6 Å². The van der Waals surface area contributed by atoms with E-state index in [0.717, 1.165) is 13.1 Å². The molecule has 36 heavy (non-hydrogen) atoms. The molecular formula is C28H37N5O3. The lowest BCUT2D eigenvalue weighted by Gasteiger charge is -2.36. The Labute approximate surface area is 213 Å². The molecule has 2 aromatic rings. The van der Waals surface area contributed by atoms with E-state index in [1.807, 2.05) is 58.9 Å². The Hall–Kier alpha value is -3.55. The molecule has 8 heteroatoms. The fraction of sp³-hybridized carbons (Fsp3) is 0.464. The first-order valence-electron chi connectivity index (χ1n) is 13.0. The summed E-state index contributed by atoms with van der Waals surface area (Å²) in [7, 11) is 0. The maximum atomic E-state index is 13.4. The first-order valence-corrected chi connectivity index (χ1v) is 13.0.